The van der Waals surface area contributed by atoms with E-state index in [1.165, 1.54) is 0 Å². The second-order valence-electron chi connectivity index (χ2n) is 3.80. The van der Waals surface area contributed by atoms with Gasteiger partial charge in [-0.15, -0.1) is 0 Å². The van der Waals surface area contributed by atoms with Crippen LogP contribution in [0.1, 0.15) is 10.5 Å². The lowest BCUT2D eigenvalue weighted by atomic mass is 10.3. The van der Waals surface area contributed by atoms with Crippen LogP contribution in [0, 0.1) is 0 Å². The van der Waals surface area contributed by atoms with Gasteiger partial charge in [0, 0.05) is 13.2 Å². The SMILES string of the molecule is Cn1cccc1C(=O)OCCOc1ccccc1. The van der Waals surface area contributed by atoms with Gasteiger partial charge in [0.05, 0.1) is 0 Å². The van der Waals surface area contributed by atoms with Crippen LogP contribution in [0.5, 0.6) is 5.75 Å². The highest BCUT2D eigenvalue weighted by molar-refractivity contribution is 5.87. The number of carbonyl (C=O) groups excluding carboxylic acids is 1. The molecule has 4 heteroatoms. The van der Waals surface area contributed by atoms with Crippen LogP contribution in [0.2, 0.25) is 0 Å². The minimum absolute atomic E-state index is 0.235. The van der Waals surface area contributed by atoms with Crippen molar-refractivity contribution in [2.45, 2.75) is 0 Å². The van der Waals surface area contributed by atoms with E-state index in [0.717, 1.165) is 5.75 Å². The first-order valence-corrected chi connectivity index (χ1v) is 5.73. The molecule has 2 aromatic rings. The van der Waals surface area contributed by atoms with Crippen molar-refractivity contribution in [3.05, 3.63) is 54.4 Å². The summed E-state index contributed by atoms with van der Waals surface area (Å²) in [6.07, 6.45) is 1.80. The van der Waals surface area contributed by atoms with Gasteiger partial charge in [0.2, 0.25) is 0 Å². The summed E-state index contributed by atoms with van der Waals surface area (Å²) in [6, 6.07) is 13.0. The largest absolute Gasteiger partial charge is 0.490 e. The number of hydrogen-bond acceptors (Lipinski definition) is 3. The van der Waals surface area contributed by atoms with Gasteiger partial charge in [0.25, 0.3) is 0 Å². The van der Waals surface area contributed by atoms with Crippen molar-refractivity contribution in [2.24, 2.45) is 7.05 Å². The van der Waals surface area contributed by atoms with E-state index in [2.05, 4.69) is 0 Å². The first-order valence-electron chi connectivity index (χ1n) is 5.73. The summed E-state index contributed by atoms with van der Waals surface area (Å²) in [7, 11) is 1.80. The Hall–Kier alpha value is -2.23. The van der Waals surface area contributed by atoms with Crippen molar-refractivity contribution in [2.75, 3.05) is 13.2 Å². The minimum atomic E-state index is -0.334. The lowest BCUT2D eigenvalue weighted by Crippen LogP contribution is -2.14. The number of esters is 1. The predicted octanol–water partition coefficient (Wildman–Crippen LogP) is 2.26. The highest BCUT2D eigenvalue weighted by Gasteiger charge is 2.09. The van der Waals surface area contributed by atoms with Crippen LogP contribution < -0.4 is 4.74 Å². The van der Waals surface area contributed by atoms with Gasteiger partial charge in [-0.25, -0.2) is 4.79 Å². The molecule has 0 atom stereocenters. The van der Waals surface area contributed by atoms with Gasteiger partial charge >= 0.3 is 5.97 Å². The summed E-state index contributed by atoms with van der Waals surface area (Å²) in [4.78, 5) is 11.6. The molecular weight excluding hydrogens is 230 g/mol. The van der Waals surface area contributed by atoms with Crippen molar-refractivity contribution < 1.29 is 14.3 Å². The molecule has 2 rings (SSSR count). The molecule has 0 saturated heterocycles. The molecule has 0 fully saturated rings. The average molecular weight is 245 g/mol. The maximum atomic E-state index is 11.6. The third kappa shape index (κ3) is 3.13. The first kappa shape index (κ1) is 12.2. The second kappa shape index (κ2) is 5.91. The molecule has 0 aliphatic rings. The van der Waals surface area contributed by atoms with Crippen molar-refractivity contribution in [3.63, 3.8) is 0 Å². The lowest BCUT2D eigenvalue weighted by Gasteiger charge is -2.07. The van der Waals surface area contributed by atoms with Crippen LogP contribution >= 0.6 is 0 Å². The van der Waals surface area contributed by atoms with E-state index in [-0.39, 0.29) is 12.6 Å². The van der Waals surface area contributed by atoms with Gasteiger partial charge in [-0.2, -0.15) is 0 Å². The van der Waals surface area contributed by atoms with E-state index in [9.17, 15) is 4.79 Å². The second-order valence-corrected chi connectivity index (χ2v) is 3.80. The van der Waals surface area contributed by atoms with E-state index in [0.29, 0.717) is 12.3 Å². The molecule has 94 valence electrons. The monoisotopic (exact) mass is 245 g/mol. The van der Waals surface area contributed by atoms with Crippen LogP contribution in [0.3, 0.4) is 0 Å². The standard InChI is InChI=1S/C14H15NO3/c1-15-9-5-8-13(15)14(16)18-11-10-17-12-6-3-2-4-7-12/h2-9H,10-11H2,1H3. The topological polar surface area (TPSA) is 40.5 Å². The Bertz CT molecular complexity index is 505. The van der Waals surface area contributed by atoms with Crippen LogP contribution in [0.4, 0.5) is 0 Å². The Balaban J connectivity index is 1.73. The number of benzene rings is 1. The maximum absolute atomic E-state index is 11.6. The van der Waals surface area contributed by atoms with Gasteiger partial charge in [-0.1, -0.05) is 18.2 Å². The fourth-order valence-corrected chi connectivity index (χ4v) is 1.56. The average Bonchev–Trinajstić information content (AvgIpc) is 2.82. The number of aryl methyl sites for hydroxylation is 1. The smallest absolute Gasteiger partial charge is 0.355 e. The third-order valence-corrected chi connectivity index (χ3v) is 2.48. The molecule has 0 bridgehead atoms. The molecule has 0 radical (unpaired) electrons. The summed E-state index contributed by atoms with van der Waals surface area (Å²) in [6.45, 7) is 0.582. The Labute approximate surface area is 106 Å². The number of aromatic nitrogens is 1. The zero-order chi connectivity index (χ0) is 12.8. The van der Waals surface area contributed by atoms with Gasteiger partial charge < -0.3 is 14.0 Å². The number of para-hydroxylation sites is 1. The van der Waals surface area contributed by atoms with Gasteiger partial charge in [0.15, 0.2) is 0 Å². The van der Waals surface area contributed by atoms with Gasteiger partial charge in [-0.05, 0) is 24.3 Å². The molecule has 0 aliphatic carbocycles. The quantitative estimate of drug-likeness (QED) is 0.599. The highest BCUT2D eigenvalue weighted by Crippen LogP contribution is 2.08. The molecule has 1 aromatic carbocycles. The summed E-state index contributed by atoms with van der Waals surface area (Å²) in [5, 5.41) is 0. The lowest BCUT2D eigenvalue weighted by molar-refractivity contribution is 0.0439. The molecule has 0 spiro atoms. The Morgan fingerprint density at radius 1 is 1.11 bits per heavy atom. The molecule has 0 N–H and O–H groups in total. The Morgan fingerprint density at radius 3 is 2.56 bits per heavy atom. The molecular formula is C14H15NO3. The van der Waals surface area contributed by atoms with E-state index in [1.54, 1.807) is 29.9 Å². The number of rotatable bonds is 5. The molecule has 0 aliphatic heterocycles. The van der Waals surface area contributed by atoms with Crippen molar-refractivity contribution in [1.82, 2.24) is 4.57 Å². The van der Waals surface area contributed by atoms with Crippen LogP contribution in [-0.2, 0) is 11.8 Å². The van der Waals surface area contributed by atoms with Crippen molar-refractivity contribution >= 4 is 5.97 Å². The van der Waals surface area contributed by atoms with E-state index >= 15 is 0 Å². The number of carbonyl (C=O) groups is 1. The highest BCUT2D eigenvalue weighted by atomic mass is 16.6. The summed E-state index contributed by atoms with van der Waals surface area (Å²) in [5.41, 5.74) is 0.537. The molecule has 1 heterocycles. The molecule has 4 nitrogen and oxygen atoms in total. The molecule has 1 aromatic heterocycles. The van der Waals surface area contributed by atoms with Crippen molar-refractivity contribution in [3.8, 4) is 5.75 Å². The van der Waals surface area contributed by atoms with Crippen LogP contribution in [0.25, 0.3) is 0 Å². The van der Waals surface area contributed by atoms with E-state index < -0.39 is 0 Å². The fraction of sp³-hybridized carbons (Fsp3) is 0.214. The van der Waals surface area contributed by atoms with Crippen LogP contribution in [0.15, 0.2) is 48.7 Å². The summed E-state index contributed by atoms with van der Waals surface area (Å²) < 4.78 is 12.2. The van der Waals surface area contributed by atoms with E-state index in [4.69, 9.17) is 9.47 Å². The van der Waals surface area contributed by atoms with E-state index in [1.807, 2.05) is 30.3 Å². The molecule has 18 heavy (non-hydrogen) atoms. The molecule has 0 saturated carbocycles. The van der Waals surface area contributed by atoms with Gasteiger partial charge in [-0.3, -0.25) is 0 Å². The van der Waals surface area contributed by atoms with Crippen LogP contribution in [-0.4, -0.2) is 23.8 Å². The zero-order valence-corrected chi connectivity index (χ0v) is 10.2. The number of nitrogens with zero attached hydrogens (tertiary/aromatic N) is 1. The number of hydrogen-bond donors (Lipinski definition) is 0. The maximum Gasteiger partial charge on any atom is 0.355 e. The minimum Gasteiger partial charge on any atom is -0.490 e. The molecule has 0 unspecified atom stereocenters. The third-order valence-electron chi connectivity index (χ3n) is 2.48. The van der Waals surface area contributed by atoms with Crippen molar-refractivity contribution in [1.29, 1.82) is 0 Å². The zero-order valence-electron chi connectivity index (χ0n) is 10.2. The van der Waals surface area contributed by atoms with Gasteiger partial charge in [0.1, 0.15) is 24.7 Å². The molecule has 0 amide bonds. The predicted molar refractivity (Wildman–Crippen MR) is 67.6 cm³/mol. The number of ether oxygens (including phenoxy) is 2. The Kier molecular flexibility index (Phi) is 4.02. The summed E-state index contributed by atoms with van der Waals surface area (Å²) in [5.74, 6) is 0.437. The summed E-state index contributed by atoms with van der Waals surface area (Å²) >= 11 is 0. The normalized spacial score (nSPS) is 10.1. The Morgan fingerprint density at radius 2 is 1.89 bits per heavy atom. The fourth-order valence-electron chi connectivity index (χ4n) is 1.56. The first-order chi connectivity index (χ1) is 8.77.